The molecule has 8 nitrogen and oxygen atoms in total. The molecule has 0 fully saturated rings. The van der Waals surface area contributed by atoms with Crippen LogP contribution in [0.25, 0.3) is 80.5 Å². The predicted molar refractivity (Wildman–Crippen MR) is 163 cm³/mol. The molecule has 10 heteroatoms. The monoisotopic (exact) mass is 578 g/mol. The van der Waals surface area contributed by atoms with E-state index < -0.39 is 0 Å². The first-order valence-electron chi connectivity index (χ1n) is 12.7. The molecular formula is C32H14N6O2S2. The van der Waals surface area contributed by atoms with Crippen LogP contribution in [-0.4, -0.2) is 19.9 Å². The van der Waals surface area contributed by atoms with E-state index in [2.05, 4.69) is 20.9 Å². The maximum absolute atomic E-state index is 9.04. The number of nitrogens with zero attached hydrogens (tertiary/aromatic N) is 6. The minimum atomic E-state index is 0.506. The number of rotatable bonds is 4. The zero-order valence-corrected chi connectivity index (χ0v) is 23.0. The van der Waals surface area contributed by atoms with Gasteiger partial charge in [-0.25, -0.2) is 24.8 Å². The Morgan fingerprint density at radius 3 is 1.67 bits per heavy atom. The van der Waals surface area contributed by atoms with Gasteiger partial charge in [-0.3, -0.25) is 0 Å². The average molecular weight is 579 g/mol. The van der Waals surface area contributed by atoms with Crippen molar-refractivity contribution in [2.45, 2.75) is 0 Å². The summed E-state index contributed by atoms with van der Waals surface area (Å²) >= 11 is 2.98. The van der Waals surface area contributed by atoms with Gasteiger partial charge in [-0.1, -0.05) is 36.4 Å². The second kappa shape index (κ2) is 9.46. The van der Waals surface area contributed by atoms with Crippen LogP contribution >= 0.6 is 22.7 Å². The Balaban J connectivity index is 1.11. The van der Waals surface area contributed by atoms with Crippen molar-refractivity contribution in [2.24, 2.45) is 0 Å². The fraction of sp³-hybridized carbons (Fsp3) is 0. The molecule has 0 bridgehead atoms. The van der Waals surface area contributed by atoms with E-state index in [1.165, 1.54) is 22.7 Å². The molecule has 196 valence electrons. The fourth-order valence-electron chi connectivity index (χ4n) is 4.68. The number of thiazole rings is 2. The van der Waals surface area contributed by atoms with Gasteiger partial charge in [0.2, 0.25) is 11.8 Å². The van der Waals surface area contributed by atoms with Crippen molar-refractivity contribution >= 4 is 61.3 Å². The van der Waals surface area contributed by atoms with Crippen molar-refractivity contribution in [1.29, 1.82) is 5.26 Å². The lowest BCUT2D eigenvalue weighted by molar-refractivity contribution is 0.621. The third-order valence-electron chi connectivity index (χ3n) is 6.79. The highest BCUT2D eigenvalue weighted by atomic mass is 32.1. The van der Waals surface area contributed by atoms with Crippen molar-refractivity contribution < 1.29 is 8.83 Å². The lowest BCUT2D eigenvalue weighted by Crippen LogP contribution is -1.76. The third-order valence-corrected chi connectivity index (χ3v) is 8.86. The van der Waals surface area contributed by atoms with Gasteiger partial charge in [0.25, 0.3) is 0 Å². The largest absolute Gasteiger partial charge is 0.435 e. The van der Waals surface area contributed by atoms with Crippen LogP contribution in [0.2, 0.25) is 0 Å². The number of hydrogen-bond donors (Lipinski definition) is 0. The third kappa shape index (κ3) is 4.11. The SMILES string of the molecule is [C-]#[N+]c1ccc(-c2ncc(-c3nc4cc5cc6oc(-c7cnc(-c8ccc(C#N)cc8)s7)nc6cc5cc4o3)s2)cc1. The molecule has 42 heavy (non-hydrogen) atoms. The van der Waals surface area contributed by atoms with Gasteiger partial charge in [-0.2, -0.15) is 5.26 Å². The van der Waals surface area contributed by atoms with Gasteiger partial charge in [0.1, 0.15) is 30.8 Å². The molecule has 0 saturated heterocycles. The predicted octanol–water partition coefficient (Wildman–Crippen LogP) is 9.13. The van der Waals surface area contributed by atoms with E-state index in [4.69, 9.17) is 30.6 Å². The minimum Gasteiger partial charge on any atom is -0.435 e. The molecule has 8 rings (SSSR count). The molecular weight excluding hydrogens is 565 g/mol. The fourth-order valence-corrected chi connectivity index (χ4v) is 6.38. The van der Waals surface area contributed by atoms with Crippen molar-refractivity contribution in [3.8, 4) is 48.7 Å². The first-order chi connectivity index (χ1) is 20.6. The van der Waals surface area contributed by atoms with Crippen molar-refractivity contribution in [2.75, 3.05) is 0 Å². The zero-order valence-electron chi connectivity index (χ0n) is 21.4. The number of benzene rings is 4. The zero-order chi connectivity index (χ0) is 28.2. The summed E-state index contributed by atoms with van der Waals surface area (Å²) in [5.41, 5.74) is 5.90. The van der Waals surface area contributed by atoms with Gasteiger partial charge in [0, 0.05) is 11.1 Å². The molecule has 4 aromatic heterocycles. The molecule has 8 aromatic rings. The molecule has 0 radical (unpaired) electrons. The van der Waals surface area contributed by atoms with Crippen LogP contribution in [0, 0.1) is 17.9 Å². The quantitative estimate of drug-likeness (QED) is 0.192. The van der Waals surface area contributed by atoms with Crippen LogP contribution < -0.4 is 0 Å². The van der Waals surface area contributed by atoms with Gasteiger partial charge >= 0.3 is 0 Å². The molecule has 0 aliphatic heterocycles. The highest BCUT2D eigenvalue weighted by Gasteiger charge is 2.17. The average Bonchev–Trinajstić information content (AvgIpc) is 3.84. The normalized spacial score (nSPS) is 11.3. The highest BCUT2D eigenvalue weighted by Crippen LogP contribution is 2.37. The number of nitriles is 1. The highest BCUT2D eigenvalue weighted by molar-refractivity contribution is 7.18. The van der Waals surface area contributed by atoms with E-state index in [-0.39, 0.29) is 0 Å². The first kappa shape index (κ1) is 24.1. The van der Waals surface area contributed by atoms with Crippen LogP contribution in [0.3, 0.4) is 0 Å². The standard InChI is InChI=1S/C32H14N6O2S2/c1-34-22-8-6-19(7-9-22)32-36-16-28(42-32)30-38-24-11-21-12-25-23(10-20(21)13-26(24)40-30)37-29(39-25)27-15-35-31(41-27)18-4-2-17(14-33)3-5-18/h2-13,15-16H. The first-order valence-corrected chi connectivity index (χ1v) is 14.3. The Bertz CT molecular complexity index is 2150. The molecule has 0 N–H and O–H groups in total. The smallest absolute Gasteiger partial charge is 0.239 e. The molecule has 0 spiro atoms. The topological polar surface area (TPSA) is 106 Å². The van der Waals surface area contributed by atoms with Crippen LogP contribution in [0.5, 0.6) is 0 Å². The van der Waals surface area contributed by atoms with Crippen molar-refractivity contribution in [1.82, 2.24) is 19.9 Å². The minimum absolute atomic E-state index is 0.506. The van der Waals surface area contributed by atoms with Crippen molar-refractivity contribution in [3.05, 3.63) is 102 Å². The van der Waals surface area contributed by atoms with E-state index in [0.29, 0.717) is 34.2 Å². The summed E-state index contributed by atoms with van der Waals surface area (Å²) in [6.45, 7) is 7.13. The lowest BCUT2D eigenvalue weighted by Gasteiger charge is -1.96. The van der Waals surface area contributed by atoms with E-state index in [0.717, 1.165) is 52.7 Å². The van der Waals surface area contributed by atoms with Crippen LogP contribution in [0.4, 0.5) is 5.69 Å². The van der Waals surface area contributed by atoms with Crippen LogP contribution in [0.15, 0.2) is 94.0 Å². The molecule has 0 atom stereocenters. The molecule has 0 unspecified atom stereocenters. The Labute approximate surface area is 245 Å². The summed E-state index contributed by atoms with van der Waals surface area (Å²) < 4.78 is 12.3. The Morgan fingerprint density at radius 2 is 1.19 bits per heavy atom. The van der Waals surface area contributed by atoms with Gasteiger partial charge in [-0.15, -0.1) is 22.7 Å². The second-order valence-electron chi connectivity index (χ2n) is 9.43. The van der Waals surface area contributed by atoms with E-state index in [1.807, 2.05) is 48.5 Å². The van der Waals surface area contributed by atoms with Crippen LogP contribution in [0.1, 0.15) is 5.56 Å². The summed E-state index contributed by atoms with van der Waals surface area (Å²) in [6, 6.07) is 24.7. The number of aromatic nitrogens is 4. The number of fused-ring (bicyclic) bond motifs is 3. The number of oxazole rings is 2. The summed E-state index contributed by atoms with van der Waals surface area (Å²) in [7, 11) is 0. The van der Waals surface area contributed by atoms with Gasteiger partial charge < -0.3 is 8.83 Å². The van der Waals surface area contributed by atoms with Crippen molar-refractivity contribution in [3.63, 3.8) is 0 Å². The maximum Gasteiger partial charge on any atom is 0.239 e. The van der Waals surface area contributed by atoms with Gasteiger partial charge in [-0.05, 0) is 47.2 Å². The molecule has 0 amide bonds. The molecule has 0 aliphatic carbocycles. The van der Waals surface area contributed by atoms with E-state index >= 15 is 0 Å². The van der Waals surface area contributed by atoms with E-state index in [1.54, 1.807) is 36.7 Å². The summed E-state index contributed by atoms with van der Waals surface area (Å²) in [6.07, 6.45) is 3.52. The van der Waals surface area contributed by atoms with Gasteiger partial charge in [0.15, 0.2) is 16.9 Å². The molecule has 4 aromatic carbocycles. The Kier molecular flexibility index (Phi) is 5.44. The van der Waals surface area contributed by atoms with Gasteiger partial charge in [0.05, 0.1) is 30.6 Å². The number of hydrogen-bond acceptors (Lipinski definition) is 9. The molecule has 0 saturated carbocycles. The Hall–Kier alpha value is -5.68. The molecule has 4 heterocycles. The van der Waals surface area contributed by atoms with Crippen LogP contribution in [-0.2, 0) is 0 Å². The summed E-state index contributed by atoms with van der Waals surface area (Å²) in [5, 5.41) is 12.6. The Morgan fingerprint density at radius 1 is 0.690 bits per heavy atom. The second-order valence-corrected chi connectivity index (χ2v) is 11.5. The summed E-state index contributed by atoms with van der Waals surface area (Å²) in [4.78, 5) is 23.6. The lowest BCUT2D eigenvalue weighted by atomic mass is 10.1. The maximum atomic E-state index is 9.04. The molecule has 0 aliphatic rings. The summed E-state index contributed by atoms with van der Waals surface area (Å²) in [5.74, 6) is 1.01. The van der Waals surface area contributed by atoms with E-state index in [9.17, 15) is 0 Å².